The van der Waals surface area contributed by atoms with Crippen molar-refractivity contribution in [1.29, 1.82) is 0 Å². The normalized spacial score (nSPS) is 10.2. The van der Waals surface area contributed by atoms with Gasteiger partial charge in [0.15, 0.2) is 5.82 Å². The lowest BCUT2D eigenvalue weighted by Gasteiger charge is -2.12. The van der Waals surface area contributed by atoms with Gasteiger partial charge in [0, 0.05) is 4.47 Å². The van der Waals surface area contributed by atoms with E-state index in [4.69, 9.17) is 22.1 Å². The van der Waals surface area contributed by atoms with Gasteiger partial charge in [-0.1, -0.05) is 27.5 Å². The number of ether oxygens (including phenoxy) is 1. The standard InChI is InChI=1S/C11H10BrClN4O/c1-18-8-3-2-6(12)4-7(8)17-11-9(13)10(14)15-5-16-11/h2-5H,1H3,(H3,14,15,16,17). The number of nitrogen functional groups attached to an aromatic ring is 1. The van der Waals surface area contributed by atoms with Crippen molar-refractivity contribution in [2.45, 2.75) is 0 Å². The predicted molar refractivity (Wildman–Crippen MR) is 75.4 cm³/mol. The highest BCUT2D eigenvalue weighted by molar-refractivity contribution is 9.10. The van der Waals surface area contributed by atoms with Gasteiger partial charge in [-0.15, -0.1) is 0 Å². The molecule has 0 fully saturated rings. The van der Waals surface area contributed by atoms with Crippen LogP contribution in [0.1, 0.15) is 0 Å². The number of hydrogen-bond acceptors (Lipinski definition) is 5. The van der Waals surface area contributed by atoms with E-state index in [1.807, 2.05) is 18.2 Å². The fraction of sp³-hybridized carbons (Fsp3) is 0.0909. The molecule has 0 atom stereocenters. The van der Waals surface area contributed by atoms with Crippen molar-refractivity contribution >= 4 is 44.9 Å². The number of benzene rings is 1. The van der Waals surface area contributed by atoms with Crippen LogP contribution in [0.2, 0.25) is 5.02 Å². The Hall–Kier alpha value is -1.53. The first-order valence-electron chi connectivity index (χ1n) is 4.98. The van der Waals surface area contributed by atoms with Crippen LogP contribution >= 0.6 is 27.5 Å². The first kappa shape index (κ1) is 12.9. The molecule has 1 aromatic carbocycles. The molecule has 5 nitrogen and oxygen atoms in total. The number of anilines is 3. The summed E-state index contributed by atoms with van der Waals surface area (Å²) in [7, 11) is 1.59. The Labute approximate surface area is 117 Å². The largest absolute Gasteiger partial charge is 0.495 e. The van der Waals surface area contributed by atoms with Crippen molar-refractivity contribution in [3.05, 3.63) is 34.0 Å². The van der Waals surface area contributed by atoms with Crippen molar-refractivity contribution < 1.29 is 4.74 Å². The lowest BCUT2D eigenvalue weighted by Crippen LogP contribution is -2.01. The third kappa shape index (κ3) is 2.65. The average Bonchev–Trinajstić information content (AvgIpc) is 2.35. The van der Waals surface area contributed by atoms with Gasteiger partial charge in [0.25, 0.3) is 0 Å². The summed E-state index contributed by atoms with van der Waals surface area (Å²) in [5, 5.41) is 3.33. The minimum atomic E-state index is 0.225. The third-order valence-electron chi connectivity index (χ3n) is 2.23. The summed E-state index contributed by atoms with van der Waals surface area (Å²) in [6.07, 6.45) is 1.34. The molecular formula is C11H10BrClN4O. The van der Waals surface area contributed by atoms with Crippen LogP contribution in [0.15, 0.2) is 29.0 Å². The maximum Gasteiger partial charge on any atom is 0.154 e. The zero-order valence-electron chi connectivity index (χ0n) is 9.45. The second-order valence-corrected chi connectivity index (χ2v) is 4.68. The Morgan fingerprint density at radius 1 is 1.39 bits per heavy atom. The Kier molecular flexibility index (Phi) is 3.88. The summed E-state index contributed by atoms with van der Waals surface area (Å²) < 4.78 is 6.15. The molecule has 0 spiro atoms. The molecule has 0 unspecified atom stereocenters. The molecule has 0 aliphatic rings. The second kappa shape index (κ2) is 5.41. The summed E-state index contributed by atoms with van der Waals surface area (Å²) >= 11 is 9.40. The molecule has 7 heteroatoms. The number of rotatable bonds is 3. The summed E-state index contributed by atoms with van der Waals surface area (Å²) in [6, 6.07) is 5.55. The topological polar surface area (TPSA) is 73.1 Å². The van der Waals surface area contributed by atoms with Crippen molar-refractivity contribution in [2.24, 2.45) is 0 Å². The molecule has 0 bridgehead atoms. The van der Waals surface area contributed by atoms with E-state index in [0.717, 1.165) is 10.2 Å². The van der Waals surface area contributed by atoms with E-state index in [2.05, 4.69) is 31.2 Å². The summed E-state index contributed by atoms with van der Waals surface area (Å²) in [6.45, 7) is 0. The summed E-state index contributed by atoms with van der Waals surface area (Å²) in [5.74, 6) is 1.33. The van der Waals surface area contributed by atoms with Gasteiger partial charge in [0.2, 0.25) is 0 Å². The fourth-order valence-corrected chi connectivity index (χ4v) is 1.88. The van der Waals surface area contributed by atoms with Gasteiger partial charge in [-0.05, 0) is 18.2 Å². The number of hydrogen-bond donors (Lipinski definition) is 2. The predicted octanol–water partition coefficient (Wildman–Crippen LogP) is 3.23. The molecule has 2 rings (SSSR count). The van der Waals surface area contributed by atoms with Crippen molar-refractivity contribution in [1.82, 2.24) is 9.97 Å². The Morgan fingerprint density at radius 2 is 2.17 bits per heavy atom. The zero-order chi connectivity index (χ0) is 13.1. The van der Waals surface area contributed by atoms with Gasteiger partial charge >= 0.3 is 0 Å². The van der Waals surface area contributed by atoms with Crippen LogP contribution in [-0.2, 0) is 0 Å². The zero-order valence-corrected chi connectivity index (χ0v) is 11.8. The van der Waals surface area contributed by atoms with Crippen LogP contribution in [0, 0.1) is 0 Å². The highest BCUT2D eigenvalue weighted by Gasteiger charge is 2.10. The van der Waals surface area contributed by atoms with Crippen LogP contribution in [0.3, 0.4) is 0 Å². The molecule has 0 saturated heterocycles. The van der Waals surface area contributed by atoms with E-state index in [9.17, 15) is 0 Å². The lowest BCUT2D eigenvalue weighted by atomic mass is 10.3. The van der Waals surface area contributed by atoms with E-state index in [-0.39, 0.29) is 10.8 Å². The quantitative estimate of drug-likeness (QED) is 0.904. The van der Waals surface area contributed by atoms with Gasteiger partial charge < -0.3 is 15.8 Å². The molecule has 1 heterocycles. The molecule has 0 aliphatic carbocycles. The van der Waals surface area contributed by atoms with Crippen molar-refractivity contribution in [3.63, 3.8) is 0 Å². The molecule has 0 aliphatic heterocycles. The van der Waals surface area contributed by atoms with Crippen molar-refractivity contribution in [3.8, 4) is 5.75 Å². The molecule has 3 N–H and O–H groups in total. The van der Waals surface area contributed by atoms with Gasteiger partial charge in [0.1, 0.15) is 22.9 Å². The number of nitrogens with one attached hydrogen (secondary N) is 1. The SMILES string of the molecule is COc1ccc(Br)cc1Nc1ncnc(N)c1Cl. The average molecular weight is 330 g/mol. The van der Waals surface area contributed by atoms with E-state index in [0.29, 0.717) is 11.6 Å². The maximum absolute atomic E-state index is 6.01. The van der Waals surface area contributed by atoms with Gasteiger partial charge in [-0.3, -0.25) is 0 Å². The number of halogens is 2. The number of methoxy groups -OCH3 is 1. The highest BCUT2D eigenvalue weighted by Crippen LogP contribution is 2.33. The monoisotopic (exact) mass is 328 g/mol. The minimum absolute atomic E-state index is 0.225. The first-order chi connectivity index (χ1) is 8.61. The van der Waals surface area contributed by atoms with Gasteiger partial charge in [-0.25, -0.2) is 9.97 Å². The molecule has 0 saturated carbocycles. The summed E-state index contributed by atoms with van der Waals surface area (Å²) in [5.41, 5.74) is 6.34. The Bertz CT molecular complexity index is 579. The second-order valence-electron chi connectivity index (χ2n) is 3.39. The molecule has 94 valence electrons. The van der Waals surface area contributed by atoms with Crippen LogP contribution < -0.4 is 15.8 Å². The highest BCUT2D eigenvalue weighted by atomic mass is 79.9. The van der Waals surface area contributed by atoms with Crippen LogP contribution in [0.4, 0.5) is 17.3 Å². The Balaban J connectivity index is 2.39. The van der Waals surface area contributed by atoms with Crippen LogP contribution in [-0.4, -0.2) is 17.1 Å². The van der Waals surface area contributed by atoms with E-state index < -0.39 is 0 Å². The molecule has 2 aromatic rings. The van der Waals surface area contributed by atoms with Gasteiger partial charge in [-0.2, -0.15) is 0 Å². The lowest BCUT2D eigenvalue weighted by molar-refractivity contribution is 0.416. The maximum atomic E-state index is 6.01. The number of nitrogens with two attached hydrogens (primary N) is 1. The fourth-order valence-electron chi connectivity index (χ4n) is 1.38. The smallest absolute Gasteiger partial charge is 0.154 e. The van der Waals surface area contributed by atoms with Crippen LogP contribution in [0.25, 0.3) is 0 Å². The minimum Gasteiger partial charge on any atom is -0.495 e. The first-order valence-corrected chi connectivity index (χ1v) is 6.15. The summed E-state index contributed by atoms with van der Waals surface area (Å²) in [4.78, 5) is 7.83. The van der Waals surface area contributed by atoms with E-state index >= 15 is 0 Å². The van der Waals surface area contributed by atoms with Crippen LogP contribution in [0.5, 0.6) is 5.75 Å². The van der Waals surface area contributed by atoms with E-state index in [1.54, 1.807) is 7.11 Å². The molecule has 1 aromatic heterocycles. The molecule has 0 radical (unpaired) electrons. The number of aromatic nitrogens is 2. The molecule has 18 heavy (non-hydrogen) atoms. The Morgan fingerprint density at radius 3 is 2.89 bits per heavy atom. The van der Waals surface area contributed by atoms with E-state index in [1.165, 1.54) is 6.33 Å². The molecule has 0 amide bonds. The van der Waals surface area contributed by atoms with Gasteiger partial charge in [0.05, 0.1) is 12.8 Å². The number of nitrogens with zero attached hydrogens (tertiary/aromatic N) is 2. The third-order valence-corrected chi connectivity index (χ3v) is 3.10. The van der Waals surface area contributed by atoms with Crippen molar-refractivity contribution in [2.75, 3.05) is 18.2 Å². The molecular weight excluding hydrogens is 320 g/mol.